The van der Waals surface area contributed by atoms with Gasteiger partial charge in [0.15, 0.2) is 0 Å². The largest absolute Gasteiger partial charge is 0.416 e. The smallest absolute Gasteiger partial charge is 0.170 e. The van der Waals surface area contributed by atoms with Gasteiger partial charge in [-0.3, -0.25) is 0 Å². The molecule has 0 aromatic heterocycles. The minimum absolute atomic E-state index is 0.387. The van der Waals surface area contributed by atoms with Crippen molar-refractivity contribution in [3.8, 4) is 0 Å². The van der Waals surface area contributed by atoms with Gasteiger partial charge in [-0.2, -0.15) is 26.3 Å². The molecular weight excluding hydrogens is 234 g/mol. The van der Waals surface area contributed by atoms with Crippen molar-refractivity contribution < 1.29 is 26.3 Å². The molecule has 1 rings (SSSR count). The summed E-state index contributed by atoms with van der Waals surface area (Å²) in [5.41, 5.74) is -1.46. The van der Waals surface area contributed by atoms with E-state index in [1.165, 1.54) is 0 Å². The van der Waals surface area contributed by atoms with Crippen molar-refractivity contribution in [2.24, 2.45) is 0 Å². The van der Waals surface area contributed by atoms with E-state index in [0.29, 0.717) is 6.07 Å². The van der Waals surface area contributed by atoms with Crippen LogP contribution in [0.2, 0.25) is 0 Å². The van der Waals surface area contributed by atoms with Crippen LogP contribution in [0.1, 0.15) is 24.0 Å². The normalized spacial score (nSPS) is 14.9. The number of alkyl halides is 6. The van der Waals surface area contributed by atoms with E-state index in [1.807, 2.05) is 0 Å². The summed E-state index contributed by atoms with van der Waals surface area (Å²) in [6, 6.07) is 3.28. The molecule has 1 aromatic rings. The molecule has 0 saturated heterocycles. The maximum atomic E-state index is 12.3. The quantitative estimate of drug-likeness (QED) is 0.641. The van der Waals surface area contributed by atoms with Crippen LogP contribution in [0.3, 0.4) is 0 Å². The monoisotopic (exact) mass is 242 g/mol. The van der Waals surface area contributed by atoms with Gasteiger partial charge in [-0.15, -0.1) is 0 Å². The number of halogens is 6. The van der Waals surface area contributed by atoms with Crippen molar-refractivity contribution in [3.05, 3.63) is 35.4 Å². The highest BCUT2D eigenvalue weighted by Gasteiger charge is 2.38. The Balaban J connectivity index is 3.09. The third-order valence-corrected chi connectivity index (χ3v) is 2.20. The fraction of sp³-hybridized carbons (Fsp3) is 0.400. The minimum atomic E-state index is -4.62. The first kappa shape index (κ1) is 12.9. The highest BCUT2D eigenvalue weighted by molar-refractivity contribution is 5.28. The van der Waals surface area contributed by atoms with Crippen molar-refractivity contribution in [1.29, 1.82) is 0 Å². The molecule has 0 bridgehead atoms. The lowest BCUT2D eigenvalue weighted by Crippen LogP contribution is -2.18. The van der Waals surface area contributed by atoms with Gasteiger partial charge in [0.2, 0.25) is 0 Å². The molecule has 0 amide bonds. The Kier molecular flexibility index (Phi) is 3.21. The molecule has 1 atom stereocenters. The van der Waals surface area contributed by atoms with Crippen molar-refractivity contribution >= 4 is 0 Å². The molecule has 16 heavy (non-hydrogen) atoms. The first-order chi connectivity index (χ1) is 7.12. The summed E-state index contributed by atoms with van der Waals surface area (Å²) in [4.78, 5) is 0. The van der Waals surface area contributed by atoms with Crippen LogP contribution in [0.25, 0.3) is 0 Å². The van der Waals surface area contributed by atoms with E-state index in [0.717, 1.165) is 25.1 Å². The highest BCUT2D eigenvalue weighted by atomic mass is 19.4. The zero-order valence-electron chi connectivity index (χ0n) is 8.15. The van der Waals surface area contributed by atoms with Crippen molar-refractivity contribution in [2.75, 3.05) is 0 Å². The van der Waals surface area contributed by atoms with E-state index in [4.69, 9.17) is 0 Å². The first-order valence-electron chi connectivity index (χ1n) is 4.36. The van der Waals surface area contributed by atoms with Gasteiger partial charge in [0.1, 0.15) is 0 Å². The number of benzene rings is 1. The van der Waals surface area contributed by atoms with Crippen LogP contribution in [0.5, 0.6) is 0 Å². The molecule has 0 aliphatic rings. The van der Waals surface area contributed by atoms with Gasteiger partial charge in [0, 0.05) is 0 Å². The van der Waals surface area contributed by atoms with Gasteiger partial charge in [0.25, 0.3) is 0 Å². The van der Waals surface area contributed by atoms with Gasteiger partial charge >= 0.3 is 12.4 Å². The minimum Gasteiger partial charge on any atom is -0.170 e. The summed E-state index contributed by atoms with van der Waals surface area (Å²) in [6.07, 6.45) is -9.16. The van der Waals surface area contributed by atoms with E-state index in [-0.39, 0.29) is 5.56 Å². The highest BCUT2D eigenvalue weighted by Crippen LogP contribution is 2.37. The Morgan fingerprint density at radius 1 is 1.00 bits per heavy atom. The third kappa shape index (κ3) is 2.90. The molecule has 0 unspecified atom stereocenters. The maximum absolute atomic E-state index is 12.3. The van der Waals surface area contributed by atoms with Gasteiger partial charge in [-0.1, -0.05) is 18.2 Å². The zero-order valence-corrected chi connectivity index (χ0v) is 8.15. The molecule has 0 N–H and O–H groups in total. The molecule has 0 aliphatic heterocycles. The molecule has 0 saturated carbocycles. The predicted molar refractivity (Wildman–Crippen MR) is 45.9 cm³/mol. The summed E-state index contributed by atoms with van der Waals surface area (Å²) in [5.74, 6) is -1.91. The Labute approximate surface area is 87.9 Å². The van der Waals surface area contributed by atoms with Crippen LogP contribution in [-0.2, 0) is 6.18 Å². The topological polar surface area (TPSA) is 0 Å². The van der Waals surface area contributed by atoms with Gasteiger partial charge in [0.05, 0.1) is 11.5 Å². The molecule has 90 valence electrons. The summed E-state index contributed by atoms with van der Waals surface area (Å²) < 4.78 is 73.6. The van der Waals surface area contributed by atoms with Crippen molar-refractivity contribution in [3.63, 3.8) is 0 Å². The molecular formula is C10H8F6. The molecule has 6 heteroatoms. The number of hydrogen-bond acceptors (Lipinski definition) is 0. The molecule has 0 fully saturated rings. The molecule has 1 aromatic carbocycles. The molecule has 0 aliphatic carbocycles. The maximum Gasteiger partial charge on any atom is 0.416 e. The Hall–Kier alpha value is -1.20. The third-order valence-electron chi connectivity index (χ3n) is 2.20. The molecule has 0 radical (unpaired) electrons. The number of hydrogen-bond donors (Lipinski definition) is 0. The van der Waals surface area contributed by atoms with Gasteiger partial charge < -0.3 is 0 Å². The van der Waals surface area contributed by atoms with Crippen LogP contribution >= 0.6 is 0 Å². The van der Waals surface area contributed by atoms with Crippen LogP contribution in [0.15, 0.2) is 24.3 Å². The second-order valence-electron chi connectivity index (χ2n) is 3.39. The average Bonchev–Trinajstić information content (AvgIpc) is 2.14. The average molecular weight is 242 g/mol. The first-order valence-corrected chi connectivity index (χ1v) is 4.36. The predicted octanol–water partition coefficient (Wildman–Crippen LogP) is 4.37. The summed E-state index contributed by atoms with van der Waals surface area (Å²) >= 11 is 0. The van der Waals surface area contributed by atoms with E-state index < -0.39 is 23.8 Å². The number of rotatable bonds is 1. The van der Waals surface area contributed by atoms with E-state index >= 15 is 0 Å². The Bertz CT molecular complexity index is 362. The summed E-state index contributed by atoms with van der Waals surface area (Å²) in [5, 5.41) is 0. The molecule has 0 spiro atoms. The SMILES string of the molecule is C[C@@H](c1cccc(C(F)(F)F)c1)C(F)(F)F. The lowest BCUT2D eigenvalue weighted by Gasteiger charge is -2.17. The molecule has 0 nitrogen and oxygen atoms in total. The van der Waals surface area contributed by atoms with Gasteiger partial charge in [-0.05, 0) is 18.6 Å². The van der Waals surface area contributed by atoms with Crippen molar-refractivity contribution in [2.45, 2.75) is 25.2 Å². The van der Waals surface area contributed by atoms with E-state index in [2.05, 4.69) is 0 Å². The lowest BCUT2D eigenvalue weighted by atomic mass is 9.98. The Morgan fingerprint density at radius 2 is 1.56 bits per heavy atom. The van der Waals surface area contributed by atoms with E-state index in [9.17, 15) is 26.3 Å². The fourth-order valence-corrected chi connectivity index (χ4v) is 1.17. The second kappa shape index (κ2) is 3.99. The summed E-state index contributed by atoms with van der Waals surface area (Å²) in [6.45, 7) is 0.829. The van der Waals surface area contributed by atoms with Crippen LogP contribution in [0.4, 0.5) is 26.3 Å². The zero-order chi connectivity index (χ0) is 12.6. The van der Waals surface area contributed by atoms with Gasteiger partial charge in [-0.25, -0.2) is 0 Å². The fourth-order valence-electron chi connectivity index (χ4n) is 1.17. The second-order valence-corrected chi connectivity index (χ2v) is 3.39. The van der Waals surface area contributed by atoms with Crippen LogP contribution in [0, 0.1) is 0 Å². The van der Waals surface area contributed by atoms with E-state index in [1.54, 1.807) is 0 Å². The van der Waals surface area contributed by atoms with Crippen LogP contribution in [-0.4, -0.2) is 6.18 Å². The standard InChI is InChI=1S/C10H8F6/c1-6(9(11,12)13)7-3-2-4-8(5-7)10(14,15)16/h2-6H,1H3/t6-/m0/s1. The lowest BCUT2D eigenvalue weighted by molar-refractivity contribution is -0.147. The molecule has 0 heterocycles. The van der Waals surface area contributed by atoms with Crippen molar-refractivity contribution in [1.82, 2.24) is 0 Å². The summed E-state index contributed by atoms with van der Waals surface area (Å²) in [7, 11) is 0. The van der Waals surface area contributed by atoms with Crippen LogP contribution < -0.4 is 0 Å². The Morgan fingerprint density at radius 3 is 2.00 bits per heavy atom.